The molecule has 2 fully saturated rings. The van der Waals surface area contributed by atoms with Crippen LogP contribution in [0.15, 0.2) is 12.1 Å². The Kier molecular flexibility index (Phi) is 2.82. The first kappa shape index (κ1) is 12.9. The van der Waals surface area contributed by atoms with Gasteiger partial charge in [0.05, 0.1) is 11.8 Å². The summed E-state index contributed by atoms with van der Waals surface area (Å²) in [6, 6.07) is 4.15. The number of anilines is 1. The molecule has 1 N–H and O–H groups in total. The monoisotopic (exact) mass is 261 g/mol. The fourth-order valence-electron chi connectivity index (χ4n) is 2.89. The minimum absolute atomic E-state index is 0.0430. The van der Waals surface area contributed by atoms with Crippen LogP contribution in [0.3, 0.4) is 0 Å². The molecular formula is C15H23N3O. The minimum Gasteiger partial charge on any atom is -0.392 e. The van der Waals surface area contributed by atoms with Crippen LogP contribution in [0.2, 0.25) is 0 Å². The van der Waals surface area contributed by atoms with E-state index in [-0.39, 0.29) is 16.9 Å². The highest BCUT2D eigenvalue weighted by Gasteiger charge is 2.52. The third-order valence-electron chi connectivity index (χ3n) is 4.52. The number of nitrogens with zero attached hydrogens (tertiary/aromatic N) is 3. The first-order valence-corrected chi connectivity index (χ1v) is 7.18. The van der Waals surface area contributed by atoms with Gasteiger partial charge in [0.25, 0.3) is 0 Å². The SMILES string of the molecule is CC(C)(C)c1ccc(N2CCC(O)C3(CC3)C2)nn1. The lowest BCUT2D eigenvalue weighted by Gasteiger charge is -2.37. The summed E-state index contributed by atoms with van der Waals surface area (Å²) in [6.45, 7) is 8.25. The normalized spacial score (nSPS) is 25.7. The smallest absolute Gasteiger partial charge is 0.151 e. The average molecular weight is 261 g/mol. The summed E-state index contributed by atoms with van der Waals surface area (Å²) < 4.78 is 0. The van der Waals surface area contributed by atoms with Crippen molar-refractivity contribution >= 4 is 5.82 Å². The van der Waals surface area contributed by atoms with Crippen LogP contribution >= 0.6 is 0 Å². The molecule has 4 nitrogen and oxygen atoms in total. The van der Waals surface area contributed by atoms with Crippen LogP contribution in [-0.2, 0) is 5.41 Å². The zero-order chi connectivity index (χ0) is 13.7. The molecule has 1 spiro atoms. The van der Waals surface area contributed by atoms with Gasteiger partial charge in [0.15, 0.2) is 5.82 Å². The van der Waals surface area contributed by atoms with Crippen molar-refractivity contribution in [3.63, 3.8) is 0 Å². The predicted octanol–water partition coefficient (Wildman–Crippen LogP) is 2.13. The second-order valence-corrected chi connectivity index (χ2v) is 7.12. The van der Waals surface area contributed by atoms with E-state index in [4.69, 9.17) is 0 Å². The molecule has 2 aliphatic rings. The quantitative estimate of drug-likeness (QED) is 0.841. The number of rotatable bonds is 1. The molecule has 1 aromatic rings. The summed E-state index contributed by atoms with van der Waals surface area (Å²) in [5.41, 5.74) is 1.22. The molecule has 1 unspecified atom stereocenters. The van der Waals surface area contributed by atoms with Crippen LogP contribution in [0.5, 0.6) is 0 Å². The molecule has 0 bridgehead atoms. The third kappa shape index (κ3) is 2.34. The molecule has 1 aliphatic carbocycles. The van der Waals surface area contributed by atoms with Crippen LogP contribution in [0.4, 0.5) is 5.82 Å². The predicted molar refractivity (Wildman–Crippen MR) is 75.2 cm³/mol. The standard InChI is InChI=1S/C15H23N3O/c1-14(2,3)11-4-5-13(17-16-11)18-9-6-12(19)15(10-18)7-8-15/h4-5,12,19H,6-10H2,1-3H3. The van der Waals surface area contributed by atoms with Gasteiger partial charge in [-0.2, -0.15) is 5.10 Å². The number of hydrogen-bond acceptors (Lipinski definition) is 4. The van der Waals surface area contributed by atoms with E-state index >= 15 is 0 Å². The molecule has 4 heteroatoms. The van der Waals surface area contributed by atoms with Gasteiger partial charge in [-0.05, 0) is 31.4 Å². The molecule has 0 radical (unpaired) electrons. The Morgan fingerprint density at radius 2 is 2.00 bits per heavy atom. The molecule has 1 aliphatic heterocycles. The van der Waals surface area contributed by atoms with Crippen LogP contribution in [-0.4, -0.2) is 34.5 Å². The molecule has 1 atom stereocenters. The fourth-order valence-corrected chi connectivity index (χ4v) is 2.89. The van der Waals surface area contributed by atoms with Gasteiger partial charge in [-0.15, -0.1) is 5.10 Å². The maximum Gasteiger partial charge on any atom is 0.151 e. The molecule has 0 amide bonds. The van der Waals surface area contributed by atoms with Gasteiger partial charge < -0.3 is 10.0 Å². The first-order valence-electron chi connectivity index (χ1n) is 7.18. The van der Waals surface area contributed by atoms with Crippen molar-refractivity contribution in [2.45, 2.75) is 51.6 Å². The Morgan fingerprint density at radius 1 is 1.26 bits per heavy atom. The first-order chi connectivity index (χ1) is 8.91. The summed E-state index contributed by atoms with van der Waals surface area (Å²) in [5, 5.41) is 18.8. The van der Waals surface area contributed by atoms with Crippen molar-refractivity contribution in [2.24, 2.45) is 5.41 Å². The maximum absolute atomic E-state index is 10.1. The minimum atomic E-state index is -0.120. The van der Waals surface area contributed by atoms with E-state index in [9.17, 15) is 5.11 Å². The number of hydrogen-bond donors (Lipinski definition) is 1. The van der Waals surface area contributed by atoms with Gasteiger partial charge in [-0.1, -0.05) is 20.8 Å². The Bertz CT molecular complexity index is 459. The second-order valence-electron chi connectivity index (χ2n) is 7.12. The zero-order valence-electron chi connectivity index (χ0n) is 12.1. The van der Waals surface area contributed by atoms with E-state index in [1.807, 2.05) is 0 Å². The Hall–Kier alpha value is -1.16. The van der Waals surface area contributed by atoms with Crippen molar-refractivity contribution in [1.82, 2.24) is 10.2 Å². The van der Waals surface area contributed by atoms with Crippen molar-refractivity contribution in [3.05, 3.63) is 17.8 Å². The van der Waals surface area contributed by atoms with Gasteiger partial charge in [0.2, 0.25) is 0 Å². The molecule has 1 saturated heterocycles. The Labute approximate surface area is 114 Å². The highest BCUT2D eigenvalue weighted by Crippen LogP contribution is 2.52. The molecule has 1 saturated carbocycles. The molecular weight excluding hydrogens is 238 g/mol. The molecule has 104 valence electrons. The number of piperidine rings is 1. The topological polar surface area (TPSA) is 49.2 Å². The van der Waals surface area contributed by atoms with E-state index in [1.165, 1.54) is 0 Å². The molecule has 2 heterocycles. The van der Waals surface area contributed by atoms with Gasteiger partial charge >= 0.3 is 0 Å². The number of aliphatic hydroxyl groups excluding tert-OH is 1. The summed E-state index contributed by atoms with van der Waals surface area (Å²) in [5.74, 6) is 0.950. The van der Waals surface area contributed by atoms with Crippen LogP contribution in [0.1, 0.15) is 45.7 Å². The van der Waals surface area contributed by atoms with Crippen LogP contribution in [0.25, 0.3) is 0 Å². The highest BCUT2D eigenvalue weighted by molar-refractivity contribution is 5.40. The van der Waals surface area contributed by atoms with Crippen molar-refractivity contribution in [1.29, 1.82) is 0 Å². The Morgan fingerprint density at radius 3 is 2.53 bits per heavy atom. The molecule has 1 aromatic heterocycles. The van der Waals surface area contributed by atoms with Gasteiger partial charge in [-0.3, -0.25) is 0 Å². The third-order valence-corrected chi connectivity index (χ3v) is 4.52. The lowest BCUT2D eigenvalue weighted by Crippen LogP contribution is -2.45. The molecule has 3 rings (SSSR count). The molecule has 19 heavy (non-hydrogen) atoms. The van der Waals surface area contributed by atoms with Crippen LogP contribution < -0.4 is 4.90 Å². The number of aromatic nitrogens is 2. The van der Waals surface area contributed by atoms with Gasteiger partial charge in [-0.25, -0.2) is 0 Å². The van der Waals surface area contributed by atoms with E-state index in [1.54, 1.807) is 0 Å². The summed E-state index contributed by atoms with van der Waals surface area (Å²) in [6.07, 6.45) is 3.03. The van der Waals surface area contributed by atoms with Crippen molar-refractivity contribution < 1.29 is 5.11 Å². The van der Waals surface area contributed by atoms with Gasteiger partial charge in [0.1, 0.15) is 0 Å². The van der Waals surface area contributed by atoms with Crippen LogP contribution in [0, 0.1) is 5.41 Å². The second kappa shape index (κ2) is 4.17. The van der Waals surface area contributed by atoms with Crippen molar-refractivity contribution in [2.75, 3.05) is 18.0 Å². The van der Waals surface area contributed by atoms with Crippen molar-refractivity contribution in [3.8, 4) is 0 Å². The summed E-state index contributed by atoms with van der Waals surface area (Å²) >= 11 is 0. The zero-order valence-corrected chi connectivity index (χ0v) is 12.1. The fraction of sp³-hybridized carbons (Fsp3) is 0.733. The van der Waals surface area contributed by atoms with E-state index in [0.29, 0.717) is 0 Å². The lowest BCUT2D eigenvalue weighted by molar-refractivity contribution is 0.0733. The average Bonchev–Trinajstić information content (AvgIpc) is 3.13. The molecule has 0 aromatic carbocycles. The van der Waals surface area contributed by atoms with Gasteiger partial charge in [0, 0.05) is 23.9 Å². The number of aliphatic hydroxyl groups is 1. The largest absolute Gasteiger partial charge is 0.392 e. The lowest BCUT2D eigenvalue weighted by atomic mass is 9.91. The summed E-state index contributed by atoms with van der Waals surface area (Å²) in [4.78, 5) is 2.28. The maximum atomic E-state index is 10.1. The Balaban J connectivity index is 1.76. The van der Waals surface area contributed by atoms with E-state index < -0.39 is 0 Å². The summed E-state index contributed by atoms with van der Waals surface area (Å²) in [7, 11) is 0. The highest BCUT2D eigenvalue weighted by atomic mass is 16.3. The van der Waals surface area contributed by atoms with E-state index in [0.717, 1.165) is 43.9 Å². The van der Waals surface area contributed by atoms with E-state index in [2.05, 4.69) is 48.0 Å².